The van der Waals surface area contributed by atoms with Gasteiger partial charge in [-0.1, -0.05) is 11.6 Å². The van der Waals surface area contributed by atoms with Crippen molar-refractivity contribution < 1.29 is 8.42 Å². The van der Waals surface area contributed by atoms with Crippen LogP contribution in [0.2, 0.25) is 5.02 Å². The predicted molar refractivity (Wildman–Crippen MR) is 80.9 cm³/mol. The van der Waals surface area contributed by atoms with E-state index >= 15 is 0 Å². The summed E-state index contributed by atoms with van der Waals surface area (Å²) in [4.78, 5) is 0.261. The van der Waals surface area contributed by atoms with Crippen LogP contribution in [0.3, 0.4) is 0 Å². The quantitative estimate of drug-likeness (QED) is 0.928. The first-order chi connectivity index (χ1) is 8.88. The third-order valence-corrected chi connectivity index (χ3v) is 4.92. The van der Waals surface area contributed by atoms with Gasteiger partial charge in [0.2, 0.25) is 0 Å². The van der Waals surface area contributed by atoms with Crippen molar-refractivity contribution in [3.63, 3.8) is 0 Å². The van der Waals surface area contributed by atoms with Gasteiger partial charge >= 0.3 is 0 Å². The van der Waals surface area contributed by atoms with Gasteiger partial charge in [0.25, 0.3) is 0 Å². The van der Waals surface area contributed by atoms with E-state index in [-0.39, 0.29) is 10.9 Å². The summed E-state index contributed by atoms with van der Waals surface area (Å²) in [6, 6.07) is 6.77. The lowest BCUT2D eigenvalue weighted by Crippen LogP contribution is -2.07. The number of rotatable bonds is 4. The zero-order chi connectivity index (χ0) is 14.0. The molecule has 0 radical (unpaired) electrons. The number of hydrogen-bond donors (Lipinski definition) is 1. The summed E-state index contributed by atoms with van der Waals surface area (Å²) >= 11 is 7.72. The van der Waals surface area contributed by atoms with Gasteiger partial charge in [-0.15, -0.1) is 0 Å². The van der Waals surface area contributed by atoms with E-state index in [9.17, 15) is 8.42 Å². The Bertz CT molecular complexity index is 666. The second kappa shape index (κ2) is 5.53. The number of hydrogen-bond acceptors (Lipinski definition) is 4. The van der Waals surface area contributed by atoms with Crippen LogP contribution in [0.5, 0.6) is 0 Å². The molecule has 0 spiro atoms. The monoisotopic (exact) mass is 315 g/mol. The SMILES string of the molecule is CC(Nc1cc(S(C)(=O)=O)ccc1Cl)c1ccsc1. The van der Waals surface area contributed by atoms with E-state index in [1.807, 2.05) is 23.8 Å². The maximum atomic E-state index is 11.5. The lowest BCUT2D eigenvalue weighted by Gasteiger charge is -2.16. The standard InChI is InChI=1S/C13H14ClNO2S2/c1-9(10-5-6-18-8-10)15-13-7-11(19(2,16)17)3-4-12(13)14/h3-9,15H,1-2H3. The molecule has 19 heavy (non-hydrogen) atoms. The fourth-order valence-corrected chi connectivity index (χ4v) is 3.26. The minimum Gasteiger partial charge on any atom is -0.377 e. The molecule has 0 aliphatic heterocycles. The summed E-state index contributed by atoms with van der Waals surface area (Å²) in [6.45, 7) is 2.01. The fourth-order valence-electron chi connectivity index (χ4n) is 1.68. The van der Waals surface area contributed by atoms with Crippen LogP contribution in [0, 0.1) is 0 Å². The van der Waals surface area contributed by atoms with Crippen molar-refractivity contribution in [3.8, 4) is 0 Å². The van der Waals surface area contributed by atoms with Gasteiger partial charge in [0.05, 0.1) is 15.6 Å². The van der Waals surface area contributed by atoms with Gasteiger partial charge in [-0.05, 0) is 47.5 Å². The first kappa shape index (κ1) is 14.4. The topological polar surface area (TPSA) is 46.2 Å². The molecule has 0 fully saturated rings. The first-order valence-electron chi connectivity index (χ1n) is 5.66. The van der Waals surface area contributed by atoms with E-state index in [1.165, 1.54) is 12.3 Å². The van der Waals surface area contributed by atoms with Gasteiger partial charge in [0, 0.05) is 12.3 Å². The largest absolute Gasteiger partial charge is 0.377 e. The number of thiophene rings is 1. The second-order valence-corrected chi connectivity index (χ2v) is 7.54. The Morgan fingerprint density at radius 1 is 1.32 bits per heavy atom. The van der Waals surface area contributed by atoms with Crippen molar-refractivity contribution in [1.29, 1.82) is 0 Å². The Balaban J connectivity index is 2.30. The van der Waals surface area contributed by atoms with Gasteiger partial charge in [0.15, 0.2) is 9.84 Å². The summed E-state index contributed by atoms with van der Waals surface area (Å²) < 4.78 is 23.1. The van der Waals surface area contributed by atoms with Gasteiger partial charge in [-0.25, -0.2) is 8.42 Å². The van der Waals surface area contributed by atoms with Crippen LogP contribution < -0.4 is 5.32 Å². The van der Waals surface area contributed by atoms with E-state index < -0.39 is 9.84 Å². The number of halogens is 1. The number of nitrogens with one attached hydrogen (secondary N) is 1. The van der Waals surface area contributed by atoms with Crippen molar-refractivity contribution in [2.45, 2.75) is 17.9 Å². The maximum absolute atomic E-state index is 11.5. The third-order valence-electron chi connectivity index (χ3n) is 2.78. The summed E-state index contributed by atoms with van der Waals surface area (Å²) in [5.74, 6) is 0. The summed E-state index contributed by atoms with van der Waals surface area (Å²) in [6.07, 6.45) is 1.18. The normalized spacial score (nSPS) is 13.2. The van der Waals surface area contributed by atoms with Crippen LogP contribution in [0.15, 0.2) is 39.9 Å². The Morgan fingerprint density at radius 3 is 2.63 bits per heavy atom. The van der Waals surface area contributed by atoms with E-state index in [0.717, 1.165) is 5.56 Å². The van der Waals surface area contributed by atoms with Crippen molar-refractivity contribution >= 4 is 38.5 Å². The van der Waals surface area contributed by atoms with Crippen LogP contribution >= 0.6 is 22.9 Å². The smallest absolute Gasteiger partial charge is 0.175 e. The van der Waals surface area contributed by atoms with Gasteiger partial charge in [0.1, 0.15) is 0 Å². The Labute approximate surface area is 122 Å². The maximum Gasteiger partial charge on any atom is 0.175 e. The van der Waals surface area contributed by atoms with Crippen molar-refractivity contribution in [1.82, 2.24) is 0 Å². The van der Waals surface area contributed by atoms with Crippen LogP contribution in [0.4, 0.5) is 5.69 Å². The number of benzene rings is 1. The highest BCUT2D eigenvalue weighted by Gasteiger charge is 2.12. The van der Waals surface area contributed by atoms with Crippen LogP contribution in [0.1, 0.15) is 18.5 Å². The lowest BCUT2D eigenvalue weighted by molar-refractivity contribution is 0.602. The van der Waals surface area contributed by atoms with E-state index in [2.05, 4.69) is 5.32 Å². The molecule has 0 saturated heterocycles. The molecule has 2 aromatic rings. The zero-order valence-electron chi connectivity index (χ0n) is 10.6. The first-order valence-corrected chi connectivity index (χ1v) is 8.87. The van der Waals surface area contributed by atoms with E-state index in [0.29, 0.717) is 10.7 Å². The molecule has 0 saturated carbocycles. The Hall–Kier alpha value is -1.04. The molecule has 3 nitrogen and oxygen atoms in total. The van der Waals surface area contributed by atoms with Crippen LogP contribution in [0.25, 0.3) is 0 Å². The van der Waals surface area contributed by atoms with Gasteiger partial charge in [-0.2, -0.15) is 11.3 Å². The fraction of sp³-hybridized carbons (Fsp3) is 0.231. The minimum absolute atomic E-state index is 0.0681. The highest BCUT2D eigenvalue weighted by Crippen LogP contribution is 2.29. The third kappa shape index (κ3) is 3.49. The minimum atomic E-state index is -3.23. The highest BCUT2D eigenvalue weighted by atomic mass is 35.5. The Morgan fingerprint density at radius 2 is 2.05 bits per heavy atom. The molecule has 1 unspecified atom stereocenters. The van der Waals surface area contributed by atoms with Crippen LogP contribution in [-0.4, -0.2) is 14.7 Å². The molecule has 0 bridgehead atoms. The highest BCUT2D eigenvalue weighted by molar-refractivity contribution is 7.90. The van der Waals surface area contributed by atoms with Crippen LogP contribution in [-0.2, 0) is 9.84 Å². The van der Waals surface area contributed by atoms with E-state index in [1.54, 1.807) is 23.5 Å². The molecule has 102 valence electrons. The molecule has 1 aromatic heterocycles. The molecular weight excluding hydrogens is 302 g/mol. The molecule has 0 aliphatic carbocycles. The van der Waals surface area contributed by atoms with Crippen molar-refractivity contribution in [2.24, 2.45) is 0 Å². The van der Waals surface area contributed by atoms with Crippen molar-refractivity contribution in [2.75, 3.05) is 11.6 Å². The molecule has 2 rings (SSSR count). The molecule has 1 N–H and O–H groups in total. The summed E-state index contributed by atoms with van der Waals surface area (Å²) in [7, 11) is -3.23. The lowest BCUT2D eigenvalue weighted by atomic mass is 10.1. The molecule has 0 aliphatic rings. The summed E-state index contributed by atoms with van der Waals surface area (Å²) in [5, 5.41) is 7.79. The predicted octanol–water partition coefficient (Wildman–Crippen LogP) is 3.98. The molecule has 1 atom stereocenters. The number of sulfone groups is 1. The zero-order valence-corrected chi connectivity index (χ0v) is 12.9. The second-order valence-electron chi connectivity index (χ2n) is 4.34. The molecule has 1 heterocycles. The molecule has 6 heteroatoms. The summed E-state index contributed by atoms with van der Waals surface area (Å²) in [5.41, 5.74) is 1.77. The number of anilines is 1. The average Bonchev–Trinajstić information content (AvgIpc) is 2.84. The molecule has 1 aromatic carbocycles. The Kier molecular flexibility index (Phi) is 4.18. The van der Waals surface area contributed by atoms with Gasteiger partial charge in [-0.3, -0.25) is 0 Å². The molecular formula is C13H14ClNO2S2. The average molecular weight is 316 g/mol. The van der Waals surface area contributed by atoms with Crippen molar-refractivity contribution in [3.05, 3.63) is 45.6 Å². The van der Waals surface area contributed by atoms with Gasteiger partial charge < -0.3 is 5.32 Å². The van der Waals surface area contributed by atoms with E-state index in [4.69, 9.17) is 11.6 Å². The molecule has 0 amide bonds.